The van der Waals surface area contributed by atoms with E-state index in [0.29, 0.717) is 6.04 Å². The van der Waals surface area contributed by atoms with Gasteiger partial charge in [-0.1, -0.05) is 6.07 Å². The largest absolute Gasteiger partial charge is 0.381 e. The molecule has 3 heteroatoms. The van der Waals surface area contributed by atoms with Crippen molar-refractivity contribution in [3.63, 3.8) is 0 Å². The molecular weight excluding hydrogens is 222 g/mol. The molecule has 1 nitrogen and oxygen atoms in total. The van der Waals surface area contributed by atoms with Gasteiger partial charge < -0.3 is 5.32 Å². The Morgan fingerprint density at radius 2 is 2.27 bits per heavy atom. The van der Waals surface area contributed by atoms with E-state index in [1.54, 1.807) is 11.3 Å². The summed E-state index contributed by atoms with van der Waals surface area (Å²) in [5, 5.41) is 10.0. The van der Waals surface area contributed by atoms with Crippen molar-refractivity contribution in [3.8, 4) is 0 Å². The number of hydrogen-bond acceptors (Lipinski definition) is 3. The van der Waals surface area contributed by atoms with Gasteiger partial charge in [0.1, 0.15) is 0 Å². The Bertz CT molecular complexity index is 403. The van der Waals surface area contributed by atoms with Crippen LogP contribution >= 0.6 is 22.7 Å². The standard InChI is InChI=1S/C12H15NS2/c1-9-7-14-8-12(9)13-10(2)6-11-4-3-5-15-11/h3-5,7-8,10,13H,6H2,1-2H3. The summed E-state index contributed by atoms with van der Waals surface area (Å²) in [5.74, 6) is 0. The monoisotopic (exact) mass is 237 g/mol. The van der Waals surface area contributed by atoms with Crippen molar-refractivity contribution in [3.05, 3.63) is 38.7 Å². The molecule has 0 radical (unpaired) electrons. The predicted molar refractivity (Wildman–Crippen MR) is 70.2 cm³/mol. The molecule has 2 aromatic heterocycles. The molecule has 0 fully saturated rings. The van der Waals surface area contributed by atoms with Crippen LogP contribution in [0.5, 0.6) is 0 Å². The van der Waals surface area contributed by atoms with Gasteiger partial charge in [0.25, 0.3) is 0 Å². The molecule has 0 aliphatic heterocycles. The highest BCUT2D eigenvalue weighted by Gasteiger charge is 2.06. The average Bonchev–Trinajstić information content (AvgIpc) is 2.79. The molecule has 1 atom stereocenters. The van der Waals surface area contributed by atoms with Crippen LogP contribution in [0.25, 0.3) is 0 Å². The van der Waals surface area contributed by atoms with E-state index in [9.17, 15) is 0 Å². The van der Waals surface area contributed by atoms with Gasteiger partial charge in [-0.05, 0) is 36.2 Å². The van der Waals surface area contributed by atoms with Crippen LogP contribution in [0.2, 0.25) is 0 Å². The Hall–Kier alpha value is -0.800. The highest BCUT2D eigenvalue weighted by Crippen LogP contribution is 2.21. The van der Waals surface area contributed by atoms with Crippen LogP contribution in [0.1, 0.15) is 17.4 Å². The first-order chi connectivity index (χ1) is 7.25. The van der Waals surface area contributed by atoms with Crippen molar-refractivity contribution in [2.75, 3.05) is 5.32 Å². The van der Waals surface area contributed by atoms with Crippen LogP contribution in [0.4, 0.5) is 5.69 Å². The summed E-state index contributed by atoms with van der Waals surface area (Å²) in [4.78, 5) is 1.45. The normalized spacial score (nSPS) is 12.7. The molecule has 80 valence electrons. The summed E-state index contributed by atoms with van der Waals surface area (Å²) in [5.41, 5.74) is 2.63. The van der Waals surface area contributed by atoms with Crippen molar-refractivity contribution in [2.24, 2.45) is 0 Å². The second kappa shape index (κ2) is 4.81. The molecule has 0 aromatic carbocycles. The molecule has 15 heavy (non-hydrogen) atoms. The molecule has 1 unspecified atom stereocenters. The summed E-state index contributed by atoms with van der Waals surface area (Å²) in [7, 11) is 0. The average molecular weight is 237 g/mol. The molecular formula is C12H15NS2. The molecule has 0 aliphatic rings. The third-order valence-corrected chi connectivity index (χ3v) is 4.11. The second-order valence-corrected chi connectivity index (χ2v) is 5.57. The minimum absolute atomic E-state index is 0.497. The number of nitrogens with one attached hydrogen (secondary N) is 1. The van der Waals surface area contributed by atoms with Crippen LogP contribution in [-0.2, 0) is 6.42 Å². The lowest BCUT2D eigenvalue weighted by atomic mass is 10.2. The second-order valence-electron chi connectivity index (χ2n) is 3.80. The number of rotatable bonds is 4. The molecule has 0 saturated carbocycles. The summed E-state index contributed by atoms with van der Waals surface area (Å²) in [6.45, 7) is 4.38. The fraction of sp³-hybridized carbons (Fsp3) is 0.333. The summed E-state index contributed by atoms with van der Waals surface area (Å²) in [6, 6.07) is 4.81. The van der Waals surface area contributed by atoms with Gasteiger partial charge in [0.15, 0.2) is 0 Å². The van der Waals surface area contributed by atoms with Gasteiger partial charge in [0.2, 0.25) is 0 Å². The highest BCUT2D eigenvalue weighted by atomic mass is 32.1. The Balaban J connectivity index is 1.93. The third-order valence-electron chi connectivity index (χ3n) is 2.34. The smallest absolute Gasteiger partial charge is 0.0480 e. The summed E-state index contributed by atoms with van der Waals surface area (Å²) in [6.07, 6.45) is 1.10. The van der Waals surface area contributed by atoms with E-state index in [2.05, 4.69) is 47.4 Å². The Kier molecular flexibility index (Phi) is 3.44. The first kappa shape index (κ1) is 10.7. The molecule has 2 aromatic rings. The molecule has 2 heterocycles. The van der Waals surface area contributed by atoms with Crippen LogP contribution in [0.15, 0.2) is 28.3 Å². The van der Waals surface area contributed by atoms with Crippen molar-refractivity contribution < 1.29 is 0 Å². The molecule has 0 saturated heterocycles. The lowest BCUT2D eigenvalue weighted by molar-refractivity contribution is 0.800. The van der Waals surface area contributed by atoms with Gasteiger partial charge in [-0.15, -0.1) is 22.7 Å². The van der Waals surface area contributed by atoms with Gasteiger partial charge in [0, 0.05) is 28.4 Å². The first-order valence-electron chi connectivity index (χ1n) is 5.07. The highest BCUT2D eigenvalue weighted by molar-refractivity contribution is 7.09. The number of thiophene rings is 2. The van der Waals surface area contributed by atoms with E-state index in [1.807, 2.05) is 11.3 Å². The van der Waals surface area contributed by atoms with E-state index >= 15 is 0 Å². The first-order valence-corrected chi connectivity index (χ1v) is 6.89. The Morgan fingerprint density at radius 1 is 1.40 bits per heavy atom. The van der Waals surface area contributed by atoms with Crippen molar-refractivity contribution >= 4 is 28.4 Å². The van der Waals surface area contributed by atoms with Crippen LogP contribution in [0, 0.1) is 6.92 Å². The fourth-order valence-electron chi connectivity index (χ4n) is 1.56. The quantitative estimate of drug-likeness (QED) is 0.842. The van der Waals surface area contributed by atoms with Crippen molar-refractivity contribution in [1.82, 2.24) is 0 Å². The fourth-order valence-corrected chi connectivity index (χ4v) is 3.18. The Morgan fingerprint density at radius 3 is 2.87 bits per heavy atom. The minimum atomic E-state index is 0.497. The maximum Gasteiger partial charge on any atom is 0.0480 e. The lowest BCUT2D eigenvalue weighted by Crippen LogP contribution is -2.17. The summed E-state index contributed by atoms with van der Waals surface area (Å²) < 4.78 is 0. The predicted octanol–water partition coefficient (Wildman–Crippen LogP) is 4.16. The number of aryl methyl sites for hydroxylation is 1. The lowest BCUT2D eigenvalue weighted by Gasteiger charge is -2.13. The number of hydrogen-bond donors (Lipinski definition) is 1. The third kappa shape index (κ3) is 2.83. The van der Waals surface area contributed by atoms with Crippen molar-refractivity contribution in [2.45, 2.75) is 26.3 Å². The molecule has 0 aliphatic carbocycles. The molecule has 1 N–H and O–H groups in total. The van der Waals surface area contributed by atoms with Gasteiger partial charge >= 0.3 is 0 Å². The van der Waals surface area contributed by atoms with Gasteiger partial charge in [-0.25, -0.2) is 0 Å². The van der Waals surface area contributed by atoms with E-state index in [0.717, 1.165) is 6.42 Å². The molecule has 2 rings (SSSR count). The molecule has 0 spiro atoms. The maximum atomic E-state index is 3.55. The van der Waals surface area contributed by atoms with E-state index in [1.165, 1.54) is 16.1 Å². The maximum absolute atomic E-state index is 3.55. The van der Waals surface area contributed by atoms with E-state index < -0.39 is 0 Å². The van der Waals surface area contributed by atoms with Gasteiger partial charge in [-0.3, -0.25) is 0 Å². The summed E-state index contributed by atoms with van der Waals surface area (Å²) >= 11 is 3.59. The van der Waals surface area contributed by atoms with E-state index in [-0.39, 0.29) is 0 Å². The van der Waals surface area contributed by atoms with E-state index in [4.69, 9.17) is 0 Å². The van der Waals surface area contributed by atoms with Gasteiger partial charge in [-0.2, -0.15) is 0 Å². The zero-order valence-corrected chi connectivity index (χ0v) is 10.6. The van der Waals surface area contributed by atoms with Gasteiger partial charge in [0.05, 0.1) is 0 Å². The van der Waals surface area contributed by atoms with Crippen LogP contribution < -0.4 is 5.32 Å². The zero-order chi connectivity index (χ0) is 10.7. The van der Waals surface area contributed by atoms with Crippen LogP contribution in [-0.4, -0.2) is 6.04 Å². The van der Waals surface area contributed by atoms with Crippen LogP contribution in [0.3, 0.4) is 0 Å². The topological polar surface area (TPSA) is 12.0 Å². The SMILES string of the molecule is Cc1cscc1NC(C)Cc1cccs1. The number of anilines is 1. The molecule has 0 amide bonds. The minimum Gasteiger partial charge on any atom is -0.381 e. The molecule has 0 bridgehead atoms. The zero-order valence-electron chi connectivity index (χ0n) is 8.99. The van der Waals surface area contributed by atoms with Crippen molar-refractivity contribution in [1.29, 1.82) is 0 Å². The Labute approximate surface area is 98.8 Å².